The molecule has 0 aromatic carbocycles. The van der Waals surface area contributed by atoms with Crippen LogP contribution in [-0.2, 0) is 16.0 Å². The van der Waals surface area contributed by atoms with Gasteiger partial charge in [-0.25, -0.2) is 4.68 Å². The topological polar surface area (TPSA) is 69.5 Å². The van der Waals surface area contributed by atoms with Gasteiger partial charge >= 0.3 is 0 Å². The number of carbonyl (C=O) groups excluding carboxylic acids is 1. The highest BCUT2D eigenvalue weighted by molar-refractivity contribution is 5.92. The third-order valence-corrected chi connectivity index (χ3v) is 4.42. The summed E-state index contributed by atoms with van der Waals surface area (Å²) in [6, 6.07) is 0.334. The van der Waals surface area contributed by atoms with Crippen molar-refractivity contribution in [3.63, 3.8) is 0 Å². The molecule has 0 N–H and O–H groups in total. The summed E-state index contributed by atoms with van der Waals surface area (Å²) in [6.07, 6.45) is 7.17. The Kier molecular flexibility index (Phi) is 7.65. The number of amides is 1. The van der Waals surface area contributed by atoms with Crippen LogP contribution in [0.5, 0.6) is 0 Å². The molecule has 1 saturated carbocycles. The van der Waals surface area contributed by atoms with Crippen LogP contribution < -0.4 is 0 Å². The second-order valence-corrected chi connectivity index (χ2v) is 6.05. The van der Waals surface area contributed by atoms with Gasteiger partial charge < -0.3 is 14.4 Å². The van der Waals surface area contributed by atoms with E-state index in [0.717, 1.165) is 12.8 Å². The maximum atomic E-state index is 12.8. The van der Waals surface area contributed by atoms with Crippen molar-refractivity contribution in [3.05, 3.63) is 11.9 Å². The number of carbonyl (C=O) groups is 1. The fraction of sp³-hybridized carbons (Fsp3) is 0.824. The van der Waals surface area contributed by atoms with Gasteiger partial charge in [0, 0.05) is 25.8 Å². The molecule has 1 amide bonds. The van der Waals surface area contributed by atoms with Crippen LogP contribution in [0.1, 0.15) is 63.4 Å². The van der Waals surface area contributed by atoms with Gasteiger partial charge in [-0.3, -0.25) is 4.79 Å². The zero-order valence-corrected chi connectivity index (χ0v) is 15.1. The van der Waals surface area contributed by atoms with Gasteiger partial charge in [-0.1, -0.05) is 24.5 Å². The Morgan fingerprint density at radius 3 is 2.50 bits per heavy atom. The number of ether oxygens (including phenoxy) is 2. The Bertz CT molecular complexity index is 494. The molecule has 136 valence electrons. The minimum Gasteiger partial charge on any atom is -0.351 e. The number of aromatic nitrogens is 3. The average molecular weight is 338 g/mol. The van der Waals surface area contributed by atoms with Crippen LogP contribution in [0.15, 0.2) is 6.20 Å². The quantitative estimate of drug-likeness (QED) is 0.647. The zero-order valence-electron chi connectivity index (χ0n) is 15.1. The average Bonchev–Trinajstić information content (AvgIpc) is 3.05. The largest absolute Gasteiger partial charge is 0.351 e. The summed E-state index contributed by atoms with van der Waals surface area (Å²) in [5, 5.41) is 8.13. The molecule has 1 aromatic rings. The Hall–Kier alpha value is -1.47. The fourth-order valence-corrected chi connectivity index (χ4v) is 3.27. The van der Waals surface area contributed by atoms with Crippen molar-refractivity contribution < 1.29 is 14.3 Å². The Labute approximate surface area is 144 Å². The zero-order chi connectivity index (χ0) is 17.4. The SMILES string of the molecule is CCOC(Cn1cc(C(=O)N(CC)C2CCCCC2)nn1)OCC. The molecule has 1 aromatic heterocycles. The summed E-state index contributed by atoms with van der Waals surface area (Å²) < 4.78 is 12.7. The first-order chi connectivity index (χ1) is 11.7. The van der Waals surface area contributed by atoms with Gasteiger partial charge in [-0.15, -0.1) is 5.10 Å². The predicted octanol–water partition coefficient (Wildman–Crippen LogP) is 2.47. The molecule has 0 spiro atoms. The highest BCUT2D eigenvalue weighted by Gasteiger charge is 2.26. The van der Waals surface area contributed by atoms with Gasteiger partial charge in [-0.05, 0) is 33.6 Å². The molecule has 7 nitrogen and oxygen atoms in total. The molecule has 24 heavy (non-hydrogen) atoms. The summed E-state index contributed by atoms with van der Waals surface area (Å²) >= 11 is 0. The summed E-state index contributed by atoms with van der Waals surface area (Å²) in [4.78, 5) is 14.7. The fourth-order valence-electron chi connectivity index (χ4n) is 3.27. The number of hydrogen-bond donors (Lipinski definition) is 0. The molecule has 1 heterocycles. The third kappa shape index (κ3) is 5.01. The van der Waals surface area contributed by atoms with Crippen molar-refractivity contribution in [1.82, 2.24) is 19.9 Å². The Morgan fingerprint density at radius 1 is 1.25 bits per heavy atom. The molecule has 1 aliphatic carbocycles. The highest BCUT2D eigenvalue weighted by Crippen LogP contribution is 2.23. The standard InChI is InChI=1S/C17H30N4O3/c1-4-21(14-10-8-7-9-11-14)17(22)15-12-20(19-18-15)13-16(23-5-2)24-6-3/h12,14,16H,4-11,13H2,1-3H3. The number of nitrogens with zero attached hydrogens (tertiary/aromatic N) is 4. The molecule has 0 saturated heterocycles. The van der Waals surface area contributed by atoms with Crippen LogP contribution in [0.2, 0.25) is 0 Å². The van der Waals surface area contributed by atoms with Crippen molar-refractivity contribution >= 4 is 5.91 Å². The first kappa shape index (κ1) is 18.9. The first-order valence-corrected chi connectivity index (χ1v) is 9.13. The molecule has 1 fully saturated rings. The monoisotopic (exact) mass is 338 g/mol. The van der Waals surface area contributed by atoms with E-state index < -0.39 is 0 Å². The molecule has 0 radical (unpaired) electrons. The Morgan fingerprint density at radius 2 is 1.92 bits per heavy atom. The molecular formula is C17H30N4O3. The molecule has 0 atom stereocenters. The van der Waals surface area contributed by atoms with Gasteiger partial charge in [0.15, 0.2) is 12.0 Å². The van der Waals surface area contributed by atoms with E-state index in [0.29, 0.717) is 38.0 Å². The lowest BCUT2D eigenvalue weighted by molar-refractivity contribution is -0.145. The van der Waals surface area contributed by atoms with E-state index in [1.54, 1.807) is 10.9 Å². The number of hydrogen-bond acceptors (Lipinski definition) is 5. The van der Waals surface area contributed by atoms with Gasteiger partial charge in [-0.2, -0.15) is 0 Å². The van der Waals surface area contributed by atoms with Gasteiger partial charge in [0.1, 0.15) is 0 Å². The lowest BCUT2D eigenvalue weighted by atomic mass is 9.94. The van der Waals surface area contributed by atoms with Gasteiger partial charge in [0.05, 0.1) is 12.7 Å². The summed E-state index contributed by atoms with van der Waals surface area (Å²) in [5.74, 6) is -0.0278. The van der Waals surface area contributed by atoms with Crippen LogP contribution in [0.4, 0.5) is 0 Å². The van der Waals surface area contributed by atoms with E-state index in [1.807, 2.05) is 25.7 Å². The van der Waals surface area contributed by atoms with Crippen LogP contribution >= 0.6 is 0 Å². The maximum Gasteiger partial charge on any atom is 0.276 e. The molecule has 7 heteroatoms. The third-order valence-electron chi connectivity index (χ3n) is 4.42. The lowest BCUT2D eigenvalue weighted by Crippen LogP contribution is -2.41. The minimum atomic E-state index is -0.370. The van der Waals surface area contributed by atoms with Gasteiger partial charge in [0.25, 0.3) is 5.91 Å². The van der Waals surface area contributed by atoms with E-state index in [2.05, 4.69) is 10.3 Å². The predicted molar refractivity (Wildman–Crippen MR) is 90.6 cm³/mol. The Balaban J connectivity index is 2.00. The second-order valence-electron chi connectivity index (χ2n) is 6.05. The summed E-state index contributed by atoms with van der Waals surface area (Å²) in [7, 11) is 0. The van der Waals surface area contributed by atoms with Crippen molar-refractivity contribution in [3.8, 4) is 0 Å². The van der Waals surface area contributed by atoms with Gasteiger partial charge in [0.2, 0.25) is 0 Å². The molecule has 0 unspecified atom stereocenters. The maximum absolute atomic E-state index is 12.8. The van der Waals surface area contributed by atoms with E-state index in [9.17, 15) is 4.79 Å². The minimum absolute atomic E-state index is 0.0278. The van der Waals surface area contributed by atoms with Crippen LogP contribution in [0, 0.1) is 0 Å². The molecule has 2 rings (SSSR count). The smallest absolute Gasteiger partial charge is 0.276 e. The first-order valence-electron chi connectivity index (χ1n) is 9.13. The van der Waals surface area contributed by atoms with E-state index in [1.165, 1.54) is 19.3 Å². The normalized spacial score (nSPS) is 15.8. The van der Waals surface area contributed by atoms with Crippen molar-refractivity contribution in [2.75, 3.05) is 19.8 Å². The summed E-state index contributed by atoms with van der Waals surface area (Å²) in [6.45, 7) is 8.13. The highest BCUT2D eigenvalue weighted by atomic mass is 16.7. The van der Waals surface area contributed by atoms with E-state index >= 15 is 0 Å². The van der Waals surface area contributed by atoms with E-state index in [4.69, 9.17) is 9.47 Å². The summed E-state index contributed by atoms with van der Waals surface area (Å²) in [5.41, 5.74) is 0.397. The molecular weight excluding hydrogens is 308 g/mol. The molecule has 0 bridgehead atoms. The van der Waals surface area contributed by atoms with Crippen molar-refractivity contribution in [1.29, 1.82) is 0 Å². The van der Waals surface area contributed by atoms with Crippen LogP contribution in [-0.4, -0.2) is 57.9 Å². The van der Waals surface area contributed by atoms with Crippen molar-refractivity contribution in [2.45, 2.75) is 71.8 Å². The van der Waals surface area contributed by atoms with E-state index in [-0.39, 0.29) is 12.2 Å². The number of rotatable bonds is 9. The molecule has 0 aliphatic heterocycles. The lowest BCUT2D eigenvalue weighted by Gasteiger charge is -2.33. The second kappa shape index (κ2) is 9.74. The van der Waals surface area contributed by atoms with Crippen LogP contribution in [0.25, 0.3) is 0 Å². The van der Waals surface area contributed by atoms with Crippen molar-refractivity contribution in [2.24, 2.45) is 0 Å². The molecule has 1 aliphatic rings. The van der Waals surface area contributed by atoms with Crippen LogP contribution in [0.3, 0.4) is 0 Å².